The van der Waals surface area contributed by atoms with E-state index in [1.54, 1.807) is 0 Å². The summed E-state index contributed by atoms with van der Waals surface area (Å²) in [6, 6.07) is 0. The molecule has 0 amide bonds. The molecule has 0 heteroatoms. The molecule has 0 unspecified atom stereocenters. The van der Waals surface area contributed by atoms with E-state index in [2.05, 4.69) is 41.5 Å². The summed E-state index contributed by atoms with van der Waals surface area (Å²) in [6.45, 7) is 21.1. The van der Waals surface area contributed by atoms with Crippen molar-refractivity contribution in [3.63, 3.8) is 0 Å². The molecule has 0 heterocycles. The highest BCUT2D eigenvalue weighted by molar-refractivity contribution is 4.32. The zero-order valence-electron chi connectivity index (χ0n) is 11.9. The van der Waals surface area contributed by atoms with E-state index >= 15 is 0 Å². The molecular weight excluding hydrogens is 156 g/mol. The van der Waals surface area contributed by atoms with Gasteiger partial charge in [-0.15, -0.1) is 0 Å². The summed E-state index contributed by atoms with van der Waals surface area (Å²) < 4.78 is 0. The maximum Gasteiger partial charge on any atom is -0.0474 e. The van der Waals surface area contributed by atoms with E-state index in [1.807, 2.05) is 27.7 Å². The molecule has 0 bridgehead atoms. The van der Waals surface area contributed by atoms with Crippen LogP contribution in [0.5, 0.6) is 0 Å². The van der Waals surface area contributed by atoms with E-state index in [1.165, 1.54) is 6.42 Å². The standard InChI is InChI=1S/C5H12.C4H10.2C2H6/c1-4-5(2)3;1-4(2)3;2*1-2/h5H,4H2,1-3H3;4H,1-3H3;2*1-2H3. The molecule has 86 valence electrons. The van der Waals surface area contributed by atoms with Crippen LogP contribution in [-0.4, -0.2) is 0 Å². The van der Waals surface area contributed by atoms with Crippen molar-refractivity contribution in [3.05, 3.63) is 0 Å². The number of hydrogen-bond donors (Lipinski definition) is 0. The fourth-order valence-corrected chi connectivity index (χ4v) is 0. The van der Waals surface area contributed by atoms with E-state index in [0.29, 0.717) is 0 Å². The van der Waals surface area contributed by atoms with Gasteiger partial charge in [0.15, 0.2) is 0 Å². The minimum absolute atomic E-state index is 0.833. The molecule has 0 aromatic rings. The second-order valence-electron chi connectivity index (χ2n) is 3.53. The second kappa shape index (κ2) is 29.6. The van der Waals surface area contributed by atoms with Crippen LogP contribution in [-0.2, 0) is 0 Å². The third-order valence-corrected chi connectivity index (χ3v) is 0.816. The predicted octanol–water partition coefficient (Wildman–Crippen LogP) is 5.77. The van der Waals surface area contributed by atoms with Crippen LogP contribution in [0.25, 0.3) is 0 Å². The van der Waals surface area contributed by atoms with Crippen molar-refractivity contribution < 1.29 is 0 Å². The summed E-state index contributed by atoms with van der Waals surface area (Å²) in [7, 11) is 0. The number of rotatable bonds is 1. The molecule has 0 aliphatic rings. The Bertz CT molecular complexity index is 32.5. The minimum atomic E-state index is 0.833. The molecule has 0 radical (unpaired) electrons. The van der Waals surface area contributed by atoms with Crippen LogP contribution < -0.4 is 0 Å². The van der Waals surface area contributed by atoms with E-state index < -0.39 is 0 Å². The van der Waals surface area contributed by atoms with Crippen molar-refractivity contribution in [2.24, 2.45) is 11.8 Å². The van der Waals surface area contributed by atoms with Crippen LogP contribution in [0.3, 0.4) is 0 Å². The summed E-state index contributed by atoms with van der Waals surface area (Å²) in [4.78, 5) is 0. The van der Waals surface area contributed by atoms with Crippen LogP contribution >= 0.6 is 0 Å². The van der Waals surface area contributed by atoms with Crippen molar-refractivity contribution in [2.75, 3.05) is 0 Å². The predicted molar refractivity (Wildman–Crippen MR) is 68.3 cm³/mol. The molecule has 13 heavy (non-hydrogen) atoms. The van der Waals surface area contributed by atoms with E-state index in [-0.39, 0.29) is 0 Å². The fourth-order valence-electron chi connectivity index (χ4n) is 0. The first-order valence-electron chi connectivity index (χ1n) is 6.00. The first kappa shape index (κ1) is 23.1. The average molecular weight is 190 g/mol. The maximum atomic E-state index is 2.22. The third kappa shape index (κ3) is 300. The van der Waals surface area contributed by atoms with Crippen molar-refractivity contribution in [2.45, 2.75) is 75.7 Å². The molecule has 0 aromatic heterocycles. The zero-order chi connectivity index (χ0) is 11.9. The van der Waals surface area contributed by atoms with Crippen LogP contribution in [0.4, 0.5) is 0 Å². The molecule has 0 fully saturated rings. The molecule has 0 saturated carbocycles. The molecular formula is C13H34. The Balaban J connectivity index is -0.0000000457. The lowest BCUT2D eigenvalue weighted by Gasteiger charge is -1.90. The summed E-state index contributed by atoms with van der Waals surface area (Å²) >= 11 is 0. The maximum absolute atomic E-state index is 2.22. The van der Waals surface area contributed by atoms with Gasteiger partial charge >= 0.3 is 0 Å². The molecule has 0 nitrogen and oxygen atoms in total. The Morgan fingerprint density at radius 1 is 0.692 bits per heavy atom. The lowest BCUT2D eigenvalue weighted by Crippen LogP contribution is -1.77. The van der Waals surface area contributed by atoms with Gasteiger partial charge in [-0.1, -0.05) is 75.7 Å². The zero-order valence-corrected chi connectivity index (χ0v) is 11.9. The largest absolute Gasteiger partial charge is 0.0683 e. The van der Waals surface area contributed by atoms with Crippen LogP contribution in [0.15, 0.2) is 0 Å². The number of hydrogen-bond acceptors (Lipinski definition) is 0. The molecule has 0 aliphatic heterocycles. The first-order valence-corrected chi connectivity index (χ1v) is 6.00. The summed E-state index contributed by atoms with van der Waals surface area (Å²) in [6.07, 6.45) is 1.31. The van der Waals surface area contributed by atoms with Gasteiger partial charge in [0.2, 0.25) is 0 Å². The van der Waals surface area contributed by atoms with Crippen molar-refractivity contribution in [1.29, 1.82) is 0 Å². The Morgan fingerprint density at radius 3 is 0.769 bits per heavy atom. The van der Waals surface area contributed by atoms with Crippen molar-refractivity contribution in [3.8, 4) is 0 Å². The van der Waals surface area contributed by atoms with E-state index in [4.69, 9.17) is 0 Å². The van der Waals surface area contributed by atoms with E-state index in [0.717, 1.165) is 11.8 Å². The lowest BCUT2D eigenvalue weighted by atomic mass is 10.2. The van der Waals surface area contributed by atoms with Gasteiger partial charge in [0, 0.05) is 0 Å². The summed E-state index contributed by atoms with van der Waals surface area (Å²) in [5, 5.41) is 0. The van der Waals surface area contributed by atoms with Gasteiger partial charge in [0.25, 0.3) is 0 Å². The lowest BCUT2D eigenvalue weighted by molar-refractivity contribution is 0.626. The molecule has 0 N–H and O–H groups in total. The SMILES string of the molecule is CC.CC.CC(C)C.CCC(C)C. The first-order chi connectivity index (χ1) is 6.00. The third-order valence-electron chi connectivity index (χ3n) is 0.816. The summed E-state index contributed by atoms with van der Waals surface area (Å²) in [5.74, 6) is 1.72. The van der Waals surface area contributed by atoms with Gasteiger partial charge in [-0.05, 0) is 11.8 Å². The molecule has 0 aromatic carbocycles. The Morgan fingerprint density at radius 2 is 0.769 bits per heavy atom. The Kier molecular flexibility index (Phi) is 52.7. The minimum Gasteiger partial charge on any atom is -0.0683 e. The van der Waals surface area contributed by atoms with Crippen LogP contribution in [0.1, 0.15) is 75.7 Å². The Labute approximate surface area is 88.1 Å². The van der Waals surface area contributed by atoms with Gasteiger partial charge < -0.3 is 0 Å². The van der Waals surface area contributed by atoms with Crippen molar-refractivity contribution >= 4 is 0 Å². The molecule has 0 spiro atoms. The van der Waals surface area contributed by atoms with Gasteiger partial charge in [-0.3, -0.25) is 0 Å². The van der Waals surface area contributed by atoms with Gasteiger partial charge in [0.1, 0.15) is 0 Å². The molecule has 0 aliphatic carbocycles. The van der Waals surface area contributed by atoms with Gasteiger partial charge in [0.05, 0.1) is 0 Å². The monoisotopic (exact) mass is 190 g/mol. The van der Waals surface area contributed by atoms with Crippen molar-refractivity contribution in [1.82, 2.24) is 0 Å². The van der Waals surface area contributed by atoms with Gasteiger partial charge in [-0.25, -0.2) is 0 Å². The normalized spacial score (nSPS) is 7.38. The molecule has 0 saturated heterocycles. The van der Waals surface area contributed by atoms with Gasteiger partial charge in [-0.2, -0.15) is 0 Å². The van der Waals surface area contributed by atoms with Crippen LogP contribution in [0, 0.1) is 11.8 Å². The topological polar surface area (TPSA) is 0 Å². The van der Waals surface area contributed by atoms with E-state index in [9.17, 15) is 0 Å². The highest BCUT2D eigenvalue weighted by atomic mass is 13.9. The average Bonchev–Trinajstić information content (AvgIpc) is 2.10. The molecule has 0 rings (SSSR count). The highest BCUT2D eigenvalue weighted by Crippen LogP contribution is 1.93. The highest BCUT2D eigenvalue weighted by Gasteiger charge is 1.80. The second-order valence-corrected chi connectivity index (χ2v) is 3.53. The quantitative estimate of drug-likeness (QED) is 0.492. The fraction of sp³-hybridized carbons (Fsp3) is 1.00. The smallest absolute Gasteiger partial charge is 0.0474 e. The Hall–Kier alpha value is 0. The molecule has 0 atom stereocenters. The van der Waals surface area contributed by atoms with Crippen LogP contribution in [0.2, 0.25) is 0 Å². The summed E-state index contributed by atoms with van der Waals surface area (Å²) in [5.41, 5.74) is 0.